The molecule has 36 heavy (non-hydrogen) atoms. The number of amides is 2. The van der Waals surface area contributed by atoms with E-state index >= 15 is 0 Å². The van der Waals surface area contributed by atoms with Crippen LogP contribution >= 0.6 is 0 Å². The number of aromatic nitrogens is 4. The van der Waals surface area contributed by atoms with E-state index in [0.29, 0.717) is 29.3 Å². The number of pyridine rings is 2. The van der Waals surface area contributed by atoms with Crippen molar-refractivity contribution in [1.29, 1.82) is 0 Å². The number of para-hydroxylation sites is 1. The molecule has 0 saturated heterocycles. The average molecular weight is 479 g/mol. The van der Waals surface area contributed by atoms with Gasteiger partial charge in [0.25, 0.3) is 11.8 Å². The molecule has 0 unspecified atom stereocenters. The summed E-state index contributed by atoms with van der Waals surface area (Å²) in [5.41, 5.74) is 3.74. The van der Waals surface area contributed by atoms with Gasteiger partial charge in [0.05, 0.1) is 17.4 Å². The monoisotopic (exact) mass is 478 g/mol. The molecule has 0 spiro atoms. The summed E-state index contributed by atoms with van der Waals surface area (Å²) in [7, 11) is 0. The second-order valence-electron chi connectivity index (χ2n) is 7.91. The SMILES string of the molecule is O=C(NCc1ccnc(NC(=O)c2cccc3[nH]cnc23)c1)c1ncccc1OCc1ccccc1. The molecule has 0 aliphatic heterocycles. The Balaban J connectivity index is 1.23. The first-order chi connectivity index (χ1) is 17.7. The largest absolute Gasteiger partial charge is 0.486 e. The summed E-state index contributed by atoms with van der Waals surface area (Å²) in [6.45, 7) is 0.542. The predicted molar refractivity (Wildman–Crippen MR) is 134 cm³/mol. The molecule has 0 aliphatic rings. The van der Waals surface area contributed by atoms with Crippen LogP contribution in [0.2, 0.25) is 0 Å². The number of nitrogens with one attached hydrogen (secondary N) is 3. The minimum atomic E-state index is -0.369. The van der Waals surface area contributed by atoms with Crippen LogP contribution in [-0.4, -0.2) is 31.8 Å². The van der Waals surface area contributed by atoms with E-state index in [2.05, 4.69) is 30.6 Å². The van der Waals surface area contributed by atoms with E-state index in [4.69, 9.17) is 4.74 Å². The lowest BCUT2D eigenvalue weighted by atomic mass is 10.1. The molecule has 9 heteroatoms. The maximum Gasteiger partial charge on any atom is 0.274 e. The highest BCUT2D eigenvalue weighted by molar-refractivity contribution is 6.11. The Morgan fingerprint density at radius 3 is 2.61 bits per heavy atom. The van der Waals surface area contributed by atoms with Crippen molar-refractivity contribution in [3.63, 3.8) is 0 Å². The van der Waals surface area contributed by atoms with Crippen molar-refractivity contribution in [1.82, 2.24) is 25.3 Å². The summed E-state index contributed by atoms with van der Waals surface area (Å²) in [5.74, 6) is 0.0689. The van der Waals surface area contributed by atoms with Crippen LogP contribution in [-0.2, 0) is 13.2 Å². The molecule has 2 aromatic carbocycles. The van der Waals surface area contributed by atoms with E-state index in [1.807, 2.05) is 36.4 Å². The summed E-state index contributed by atoms with van der Waals surface area (Å²) in [5, 5.41) is 5.64. The van der Waals surface area contributed by atoms with E-state index < -0.39 is 0 Å². The number of benzene rings is 2. The zero-order valence-corrected chi connectivity index (χ0v) is 19.1. The Morgan fingerprint density at radius 1 is 0.833 bits per heavy atom. The van der Waals surface area contributed by atoms with Crippen molar-refractivity contribution >= 4 is 28.7 Å². The van der Waals surface area contributed by atoms with Gasteiger partial charge in [-0.3, -0.25) is 9.59 Å². The van der Waals surface area contributed by atoms with Gasteiger partial charge in [-0.2, -0.15) is 0 Å². The zero-order chi connectivity index (χ0) is 24.7. The summed E-state index contributed by atoms with van der Waals surface area (Å²) in [6.07, 6.45) is 4.66. The quantitative estimate of drug-likeness (QED) is 0.309. The lowest BCUT2D eigenvalue weighted by molar-refractivity contribution is 0.0940. The number of carbonyl (C=O) groups is 2. The first kappa shape index (κ1) is 22.7. The van der Waals surface area contributed by atoms with Gasteiger partial charge < -0.3 is 20.4 Å². The van der Waals surface area contributed by atoms with Crippen LogP contribution in [0.5, 0.6) is 5.75 Å². The van der Waals surface area contributed by atoms with Gasteiger partial charge in [-0.1, -0.05) is 36.4 Å². The fourth-order valence-electron chi connectivity index (χ4n) is 3.66. The number of fused-ring (bicyclic) bond motifs is 1. The number of ether oxygens (including phenoxy) is 1. The number of hydrogen-bond donors (Lipinski definition) is 3. The van der Waals surface area contributed by atoms with Gasteiger partial charge in [-0.25, -0.2) is 15.0 Å². The van der Waals surface area contributed by atoms with Crippen molar-refractivity contribution in [2.45, 2.75) is 13.2 Å². The molecule has 5 aromatic rings. The molecule has 0 bridgehead atoms. The fraction of sp³-hybridized carbons (Fsp3) is 0.0741. The molecule has 9 nitrogen and oxygen atoms in total. The number of carbonyl (C=O) groups excluding carboxylic acids is 2. The van der Waals surface area contributed by atoms with E-state index in [9.17, 15) is 9.59 Å². The van der Waals surface area contributed by atoms with Gasteiger partial charge in [-0.15, -0.1) is 0 Å². The third-order valence-electron chi connectivity index (χ3n) is 5.44. The lowest BCUT2D eigenvalue weighted by Gasteiger charge is -2.11. The van der Waals surface area contributed by atoms with Gasteiger partial charge in [-0.05, 0) is 47.5 Å². The molecule has 5 rings (SSSR count). The Bertz CT molecular complexity index is 1520. The van der Waals surface area contributed by atoms with Gasteiger partial charge in [0.2, 0.25) is 0 Å². The van der Waals surface area contributed by atoms with Crippen LogP contribution in [0.15, 0.2) is 91.5 Å². The summed E-state index contributed by atoms with van der Waals surface area (Å²) >= 11 is 0. The van der Waals surface area contributed by atoms with Gasteiger partial charge >= 0.3 is 0 Å². The summed E-state index contributed by atoms with van der Waals surface area (Å²) < 4.78 is 5.84. The highest BCUT2D eigenvalue weighted by Crippen LogP contribution is 2.19. The highest BCUT2D eigenvalue weighted by atomic mass is 16.5. The predicted octanol–water partition coefficient (Wildman–Crippen LogP) is 4.11. The maximum absolute atomic E-state index is 12.8. The van der Waals surface area contributed by atoms with Crippen molar-refractivity contribution in [3.05, 3.63) is 114 Å². The third kappa shape index (κ3) is 5.20. The minimum Gasteiger partial charge on any atom is -0.486 e. The molecule has 178 valence electrons. The number of nitrogens with zero attached hydrogens (tertiary/aromatic N) is 3. The Labute approximate surface area is 206 Å². The van der Waals surface area contributed by atoms with Crippen LogP contribution in [0, 0.1) is 0 Å². The van der Waals surface area contributed by atoms with E-state index in [1.165, 1.54) is 0 Å². The van der Waals surface area contributed by atoms with Crippen molar-refractivity contribution in [2.24, 2.45) is 0 Å². The molecule has 0 saturated carbocycles. The molecular weight excluding hydrogens is 456 g/mol. The molecular formula is C27H22N6O3. The summed E-state index contributed by atoms with van der Waals surface area (Å²) in [6, 6.07) is 21.9. The maximum atomic E-state index is 12.8. The topological polar surface area (TPSA) is 122 Å². The first-order valence-electron chi connectivity index (χ1n) is 11.3. The Hall–Kier alpha value is -5.05. The third-order valence-corrected chi connectivity index (χ3v) is 5.44. The van der Waals surface area contributed by atoms with Crippen LogP contribution in [0.4, 0.5) is 5.82 Å². The summed E-state index contributed by atoms with van der Waals surface area (Å²) in [4.78, 5) is 41.3. The number of anilines is 1. The molecule has 3 aromatic heterocycles. The van der Waals surface area contributed by atoms with Crippen LogP contribution in [0.1, 0.15) is 32.0 Å². The Morgan fingerprint density at radius 2 is 1.72 bits per heavy atom. The molecule has 0 fully saturated rings. The molecule has 2 amide bonds. The molecule has 0 aliphatic carbocycles. The van der Waals surface area contributed by atoms with Crippen molar-refractivity contribution < 1.29 is 14.3 Å². The highest BCUT2D eigenvalue weighted by Gasteiger charge is 2.15. The second kappa shape index (κ2) is 10.5. The second-order valence-corrected chi connectivity index (χ2v) is 7.91. The first-order valence-corrected chi connectivity index (χ1v) is 11.3. The van der Waals surface area contributed by atoms with Crippen molar-refractivity contribution in [3.8, 4) is 5.75 Å². The molecule has 0 radical (unpaired) electrons. The minimum absolute atomic E-state index is 0.197. The lowest BCUT2D eigenvalue weighted by Crippen LogP contribution is -2.24. The smallest absolute Gasteiger partial charge is 0.274 e. The number of hydrogen-bond acceptors (Lipinski definition) is 6. The van der Waals surface area contributed by atoms with Crippen LogP contribution in [0.3, 0.4) is 0 Å². The number of H-pyrrole nitrogens is 1. The standard InChI is InChI=1S/C27H22N6O3/c34-26(20-8-4-9-21-24(20)32-17-31-21)33-23-14-19(11-13-28-23)15-30-27(35)25-22(10-5-12-29-25)36-16-18-6-2-1-3-7-18/h1-14,17H,15-16H2,(H,30,35)(H,31,32)(H,28,33,34). The van der Waals surface area contributed by atoms with Crippen LogP contribution < -0.4 is 15.4 Å². The number of imidazole rings is 1. The van der Waals surface area contributed by atoms with Crippen molar-refractivity contribution in [2.75, 3.05) is 5.32 Å². The number of rotatable bonds is 8. The van der Waals surface area contributed by atoms with E-state index in [0.717, 1.165) is 16.6 Å². The molecule has 0 atom stereocenters. The molecule has 3 heterocycles. The van der Waals surface area contributed by atoms with Gasteiger partial charge in [0, 0.05) is 18.9 Å². The van der Waals surface area contributed by atoms with Gasteiger partial charge in [0.1, 0.15) is 17.9 Å². The number of aromatic amines is 1. The van der Waals surface area contributed by atoms with Crippen LogP contribution in [0.25, 0.3) is 11.0 Å². The van der Waals surface area contributed by atoms with E-state index in [-0.39, 0.29) is 24.1 Å². The zero-order valence-electron chi connectivity index (χ0n) is 19.1. The van der Waals surface area contributed by atoms with E-state index in [1.54, 1.807) is 55.1 Å². The van der Waals surface area contributed by atoms with Gasteiger partial charge in [0.15, 0.2) is 11.4 Å². The molecule has 3 N–H and O–H groups in total. The Kier molecular flexibility index (Phi) is 6.61. The fourth-order valence-corrected chi connectivity index (χ4v) is 3.66. The average Bonchev–Trinajstić information content (AvgIpc) is 3.41. The normalized spacial score (nSPS) is 10.7.